The standard InChI is InChI=1S/C49H32N2O/c1-3-11-33(12-4-1)34-19-23-40(24-20-34)51(42-27-28-43-45-29-37-15-7-8-16-38(37)31-47(45)52-48(43)32-42)41-25-21-36(22-26-41)49-44(35-13-5-2-6-14-35)30-39-17-9-10-18-46(39)50-49/h1-32H. The Balaban J connectivity index is 1.10. The van der Waals surface area contributed by atoms with Crippen molar-refractivity contribution in [3.63, 3.8) is 0 Å². The smallest absolute Gasteiger partial charge is 0.137 e. The third-order valence-electron chi connectivity index (χ3n) is 10.0. The third-order valence-corrected chi connectivity index (χ3v) is 10.0. The second-order valence-corrected chi connectivity index (χ2v) is 13.2. The lowest BCUT2D eigenvalue weighted by molar-refractivity contribution is 0.669. The van der Waals surface area contributed by atoms with Crippen LogP contribution >= 0.6 is 0 Å². The number of furan rings is 1. The number of nitrogens with zero attached hydrogens (tertiary/aromatic N) is 2. The molecule has 10 aromatic rings. The molecule has 52 heavy (non-hydrogen) atoms. The zero-order valence-electron chi connectivity index (χ0n) is 28.3. The van der Waals surface area contributed by atoms with Crippen molar-refractivity contribution in [1.82, 2.24) is 4.98 Å². The molecule has 3 nitrogen and oxygen atoms in total. The van der Waals surface area contributed by atoms with Crippen LogP contribution in [0.3, 0.4) is 0 Å². The Morgan fingerprint density at radius 1 is 0.365 bits per heavy atom. The number of hydrogen-bond donors (Lipinski definition) is 0. The quantitative estimate of drug-likeness (QED) is 0.177. The predicted molar refractivity (Wildman–Crippen MR) is 218 cm³/mol. The summed E-state index contributed by atoms with van der Waals surface area (Å²) in [6.45, 7) is 0. The van der Waals surface area contributed by atoms with Crippen LogP contribution in [0.4, 0.5) is 17.1 Å². The zero-order chi connectivity index (χ0) is 34.4. The number of para-hydroxylation sites is 1. The van der Waals surface area contributed by atoms with E-state index < -0.39 is 0 Å². The Morgan fingerprint density at radius 2 is 0.904 bits per heavy atom. The van der Waals surface area contributed by atoms with Crippen LogP contribution in [-0.4, -0.2) is 4.98 Å². The Bertz CT molecular complexity index is 2880. The molecule has 2 aromatic heterocycles. The molecule has 0 bridgehead atoms. The summed E-state index contributed by atoms with van der Waals surface area (Å²) in [7, 11) is 0. The van der Waals surface area contributed by atoms with Crippen molar-refractivity contribution in [3.05, 3.63) is 194 Å². The van der Waals surface area contributed by atoms with E-state index >= 15 is 0 Å². The van der Waals surface area contributed by atoms with E-state index in [-0.39, 0.29) is 0 Å². The Morgan fingerprint density at radius 3 is 1.62 bits per heavy atom. The molecule has 0 atom stereocenters. The lowest BCUT2D eigenvalue weighted by atomic mass is 9.97. The minimum absolute atomic E-state index is 0.859. The molecule has 0 unspecified atom stereocenters. The highest BCUT2D eigenvalue weighted by Crippen LogP contribution is 2.41. The Hall–Kier alpha value is -6.97. The summed E-state index contributed by atoms with van der Waals surface area (Å²) in [6.07, 6.45) is 0. The van der Waals surface area contributed by atoms with Crippen molar-refractivity contribution in [2.24, 2.45) is 0 Å². The Kier molecular flexibility index (Phi) is 7.14. The molecule has 0 aliphatic carbocycles. The summed E-state index contributed by atoms with van der Waals surface area (Å²) >= 11 is 0. The lowest BCUT2D eigenvalue weighted by Gasteiger charge is -2.26. The topological polar surface area (TPSA) is 29.3 Å². The largest absolute Gasteiger partial charge is 0.456 e. The number of anilines is 3. The SMILES string of the molecule is c1ccc(-c2ccc(N(c3ccc(-c4nc5ccccc5cc4-c4ccccc4)cc3)c3ccc4c(c3)oc3cc5ccccc5cc34)cc2)cc1. The molecule has 0 N–H and O–H groups in total. The minimum Gasteiger partial charge on any atom is -0.456 e. The van der Waals surface area contributed by atoms with Gasteiger partial charge in [0.15, 0.2) is 0 Å². The van der Waals surface area contributed by atoms with E-state index in [1.54, 1.807) is 0 Å². The van der Waals surface area contributed by atoms with Crippen LogP contribution in [0.1, 0.15) is 0 Å². The van der Waals surface area contributed by atoms with Crippen LogP contribution in [-0.2, 0) is 0 Å². The molecule has 0 saturated heterocycles. The van der Waals surface area contributed by atoms with E-state index in [2.05, 4.69) is 193 Å². The highest BCUT2D eigenvalue weighted by molar-refractivity contribution is 6.11. The first-order valence-corrected chi connectivity index (χ1v) is 17.6. The summed E-state index contributed by atoms with van der Waals surface area (Å²) in [4.78, 5) is 7.50. The van der Waals surface area contributed by atoms with Gasteiger partial charge in [0.05, 0.1) is 11.2 Å². The number of benzene rings is 8. The van der Waals surface area contributed by atoms with E-state index in [9.17, 15) is 0 Å². The van der Waals surface area contributed by atoms with Crippen molar-refractivity contribution >= 4 is 60.7 Å². The van der Waals surface area contributed by atoms with Crippen LogP contribution < -0.4 is 4.90 Å². The van der Waals surface area contributed by atoms with E-state index in [0.717, 1.165) is 72.3 Å². The molecule has 0 saturated carbocycles. The molecule has 244 valence electrons. The van der Waals surface area contributed by atoms with Gasteiger partial charge in [-0.1, -0.05) is 127 Å². The number of hydrogen-bond acceptors (Lipinski definition) is 3. The van der Waals surface area contributed by atoms with Crippen molar-refractivity contribution in [2.45, 2.75) is 0 Å². The number of pyridine rings is 1. The molecule has 8 aromatic carbocycles. The van der Waals surface area contributed by atoms with Gasteiger partial charge in [-0.15, -0.1) is 0 Å². The van der Waals surface area contributed by atoms with E-state index in [4.69, 9.17) is 9.40 Å². The van der Waals surface area contributed by atoms with Gasteiger partial charge in [0.1, 0.15) is 11.2 Å². The van der Waals surface area contributed by atoms with Crippen molar-refractivity contribution in [3.8, 4) is 33.5 Å². The van der Waals surface area contributed by atoms with Crippen LogP contribution in [0, 0.1) is 0 Å². The predicted octanol–water partition coefficient (Wildman–Crippen LogP) is 13.8. The normalized spacial score (nSPS) is 11.5. The average molecular weight is 665 g/mol. The van der Waals surface area contributed by atoms with Gasteiger partial charge in [-0.2, -0.15) is 0 Å². The molecule has 0 spiro atoms. The first kappa shape index (κ1) is 29.9. The van der Waals surface area contributed by atoms with E-state index in [1.807, 2.05) is 6.07 Å². The van der Waals surface area contributed by atoms with Crippen molar-refractivity contribution in [2.75, 3.05) is 4.90 Å². The number of rotatable bonds is 6. The van der Waals surface area contributed by atoms with Gasteiger partial charge in [0, 0.05) is 50.4 Å². The summed E-state index contributed by atoms with van der Waals surface area (Å²) in [5.74, 6) is 0. The monoisotopic (exact) mass is 664 g/mol. The van der Waals surface area contributed by atoms with Crippen LogP contribution in [0.15, 0.2) is 199 Å². The van der Waals surface area contributed by atoms with Crippen LogP contribution in [0.25, 0.3) is 77.1 Å². The Labute approximate surface area is 301 Å². The first-order chi connectivity index (χ1) is 25.7. The van der Waals surface area contributed by atoms with Gasteiger partial charge in [0.2, 0.25) is 0 Å². The summed E-state index contributed by atoms with van der Waals surface area (Å²) in [5, 5.41) is 5.74. The van der Waals surface area contributed by atoms with Crippen LogP contribution in [0.5, 0.6) is 0 Å². The fourth-order valence-electron chi connectivity index (χ4n) is 7.41. The zero-order valence-corrected chi connectivity index (χ0v) is 28.3. The molecule has 0 amide bonds. The van der Waals surface area contributed by atoms with Crippen molar-refractivity contribution in [1.29, 1.82) is 0 Å². The summed E-state index contributed by atoms with van der Waals surface area (Å²) < 4.78 is 6.53. The number of fused-ring (bicyclic) bond motifs is 5. The number of aromatic nitrogens is 1. The van der Waals surface area contributed by atoms with Crippen LogP contribution in [0.2, 0.25) is 0 Å². The van der Waals surface area contributed by atoms with Gasteiger partial charge in [-0.25, -0.2) is 4.98 Å². The molecular formula is C49H32N2O. The lowest BCUT2D eigenvalue weighted by Crippen LogP contribution is -2.09. The molecule has 0 fully saturated rings. The average Bonchev–Trinajstić information content (AvgIpc) is 3.57. The van der Waals surface area contributed by atoms with Gasteiger partial charge in [-0.05, 0) is 88.1 Å². The fraction of sp³-hybridized carbons (Fsp3) is 0. The molecule has 0 aliphatic rings. The van der Waals surface area contributed by atoms with Gasteiger partial charge < -0.3 is 9.32 Å². The summed E-state index contributed by atoms with van der Waals surface area (Å²) in [6, 6.07) is 68.6. The molecule has 0 aliphatic heterocycles. The minimum atomic E-state index is 0.859. The van der Waals surface area contributed by atoms with Gasteiger partial charge in [0.25, 0.3) is 0 Å². The summed E-state index contributed by atoms with van der Waals surface area (Å²) in [5.41, 5.74) is 12.5. The van der Waals surface area contributed by atoms with Crippen molar-refractivity contribution < 1.29 is 4.42 Å². The highest BCUT2D eigenvalue weighted by Gasteiger charge is 2.18. The van der Waals surface area contributed by atoms with Gasteiger partial charge >= 0.3 is 0 Å². The van der Waals surface area contributed by atoms with Gasteiger partial charge in [-0.3, -0.25) is 0 Å². The second kappa shape index (κ2) is 12.4. The molecular weight excluding hydrogens is 633 g/mol. The third kappa shape index (κ3) is 5.28. The van der Waals surface area contributed by atoms with E-state index in [1.165, 1.54) is 21.9 Å². The highest BCUT2D eigenvalue weighted by atomic mass is 16.3. The molecule has 10 rings (SSSR count). The molecule has 3 heteroatoms. The maximum atomic E-state index is 6.53. The first-order valence-electron chi connectivity index (χ1n) is 17.6. The second-order valence-electron chi connectivity index (χ2n) is 13.2. The fourth-order valence-corrected chi connectivity index (χ4v) is 7.41. The molecule has 0 radical (unpaired) electrons. The van der Waals surface area contributed by atoms with E-state index in [0.29, 0.717) is 0 Å². The maximum Gasteiger partial charge on any atom is 0.137 e. The maximum absolute atomic E-state index is 6.53. The molecule has 2 heterocycles.